The van der Waals surface area contributed by atoms with E-state index in [4.69, 9.17) is 9.47 Å². The van der Waals surface area contributed by atoms with Gasteiger partial charge in [0.2, 0.25) is 0 Å². The second kappa shape index (κ2) is 7.53. The lowest BCUT2D eigenvalue weighted by molar-refractivity contribution is -0.126. The van der Waals surface area contributed by atoms with Crippen molar-refractivity contribution in [3.63, 3.8) is 0 Å². The topological polar surface area (TPSA) is 38.8 Å². The zero-order valence-electron chi connectivity index (χ0n) is 13.1. The van der Waals surface area contributed by atoms with Crippen molar-refractivity contribution in [2.45, 2.75) is 51.2 Å². The predicted molar refractivity (Wildman–Crippen MR) is 78.8 cm³/mol. The third kappa shape index (κ3) is 3.80. The molecule has 0 bridgehead atoms. The molecule has 1 saturated carbocycles. The van der Waals surface area contributed by atoms with E-state index >= 15 is 0 Å². The molecule has 20 heavy (non-hydrogen) atoms. The van der Waals surface area contributed by atoms with E-state index in [2.05, 4.69) is 11.8 Å². The summed E-state index contributed by atoms with van der Waals surface area (Å²) >= 11 is 0. The molecule has 4 heteroatoms. The zero-order valence-corrected chi connectivity index (χ0v) is 13.1. The molecular weight excluding hydrogens is 254 g/mol. The highest BCUT2D eigenvalue weighted by Crippen LogP contribution is 2.31. The molecule has 0 N–H and O–H groups in total. The van der Waals surface area contributed by atoms with Gasteiger partial charge in [-0.3, -0.25) is 9.69 Å². The maximum Gasteiger partial charge on any atom is 0.137 e. The Labute approximate surface area is 122 Å². The molecule has 0 aromatic heterocycles. The Hall–Kier alpha value is -0.450. The SMILES string of the molecule is CCCC1CCC(=O)C(CN2CC(OC)C(OC)C2)C1. The monoisotopic (exact) mass is 283 g/mol. The van der Waals surface area contributed by atoms with Gasteiger partial charge in [-0.05, 0) is 18.8 Å². The second-order valence-corrected chi connectivity index (χ2v) is 6.36. The molecule has 0 aromatic carbocycles. The lowest BCUT2D eigenvalue weighted by atomic mass is 9.78. The molecule has 1 aliphatic carbocycles. The number of rotatable bonds is 6. The molecule has 4 unspecified atom stereocenters. The van der Waals surface area contributed by atoms with Gasteiger partial charge in [0, 0.05) is 46.2 Å². The van der Waals surface area contributed by atoms with E-state index < -0.39 is 0 Å². The van der Waals surface area contributed by atoms with Crippen LogP contribution in [-0.4, -0.2) is 56.7 Å². The van der Waals surface area contributed by atoms with Crippen molar-refractivity contribution in [1.29, 1.82) is 0 Å². The van der Waals surface area contributed by atoms with Crippen molar-refractivity contribution in [1.82, 2.24) is 4.90 Å². The Bertz CT molecular complexity index is 309. The third-order valence-corrected chi connectivity index (χ3v) is 4.94. The number of ether oxygens (including phenoxy) is 2. The van der Waals surface area contributed by atoms with Crippen LogP contribution >= 0.6 is 0 Å². The van der Waals surface area contributed by atoms with E-state index in [9.17, 15) is 4.79 Å². The van der Waals surface area contributed by atoms with Crippen molar-refractivity contribution < 1.29 is 14.3 Å². The van der Waals surface area contributed by atoms with Crippen molar-refractivity contribution in [3.05, 3.63) is 0 Å². The number of carbonyl (C=O) groups is 1. The summed E-state index contributed by atoms with van der Waals surface area (Å²) in [7, 11) is 3.48. The van der Waals surface area contributed by atoms with Crippen molar-refractivity contribution in [3.8, 4) is 0 Å². The third-order valence-electron chi connectivity index (χ3n) is 4.94. The number of hydrogen-bond acceptors (Lipinski definition) is 4. The minimum atomic E-state index is 0.144. The van der Waals surface area contributed by atoms with Gasteiger partial charge in [-0.15, -0.1) is 0 Å². The van der Waals surface area contributed by atoms with E-state index in [0.29, 0.717) is 5.78 Å². The van der Waals surface area contributed by atoms with E-state index in [1.165, 1.54) is 12.8 Å². The minimum absolute atomic E-state index is 0.144. The lowest BCUT2D eigenvalue weighted by Gasteiger charge is -2.30. The molecule has 0 amide bonds. The van der Waals surface area contributed by atoms with Crippen LogP contribution in [0, 0.1) is 11.8 Å². The van der Waals surface area contributed by atoms with Gasteiger partial charge >= 0.3 is 0 Å². The summed E-state index contributed by atoms with van der Waals surface area (Å²) < 4.78 is 10.9. The van der Waals surface area contributed by atoms with E-state index in [1.54, 1.807) is 14.2 Å². The lowest BCUT2D eigenvalue weighted by Crippen LogP contribution is -2.36. The molecule has 116 valence electrons. The average Bonchev–Trinajstić information content (AvgIpc) is 2.85. The molecule has 4 nitrogen and oxygen atoms in total. The van der Waals surface area contributed by atoms with Crippen LogP contribution in [0.2, 0.25) is 0 Å². The summed E-state index contributed by atoms with van der Waals surface area (Å²) in [5.41, 5.74) is 0. The Morgan fingerprint density at radius 2 is 1.85 bits per heavy atom. The zero-order chi connectivity index (χ0) is 14.5. The summed E-state index contributed by atoms with van der Waals surface area (Å²) in [5.74, 6) is 1.45. The van der Waals surface area contributed by atoms with Crippen LogP contribution in [0.3, 0.4) is 0 Å². The molecule has 0 spiro atoms. The maximum atomic E-state index is 12.1. The van der Waals surface area contributed by atoms with Gasteiger partial charge in [0.1, 0.15) is 5.78 Å². The van der Waals surface area contributed by atoms with Crippen molar-refractivity contribution in [2.24, 2.45) is 11.8 Å². The number of Topliss-reactive ketones (excluding diaryl/α,β-unsaturated/α-hetero) is 1. The number of carbonyl (C=O) groups excluding carboxylic acids is 1. The van der Waals surface area contributed by atoms with Crippen LogP contribution in [0.5, 0.6) is 0 Å². The minimum Gasteiger partial charge on any atom is -0.377 e. The number of likely N-dealkylation sites (tertiary alicyclic amines) is 1. The van der Waals surface area contributed by atoms with Gasteiger partial charge in [0.25, 0.3) is 0 Å². The average molecular weight is 283 g/mol. The predicted octanol–water partition coefficient (Wildman–Crippen LogP) is 2.12. The van der Waals surface area contributed by atoms with Crippen LogP contribution in [0.4, 0.5) is 0 Å². The Balaban J connectivity index is 1.87. The molecule has 1 aliphatic heterocycles. The molecule has 2 fully saturated rings. The number of nitrogens with zero attached hydrogens (tertiary/aromatic N) is 1. The van der Waals surface area contributed by atoms with Gasteiger partial charge in [0.15, 0.2) is 0 Å². The molecule has 1 heterocycles. The first-order valence-corrected chi connectivity index (χ1v) is 7.98. The molecule has 4 atom stereocenters. The van der Waals surface area contributed by atoms with Gasteiger partial charge in [-0.25, -0.2) is 0 Å². The first kappa shape index (κ1) is 15.9. The summed E-state index contributed by atoms with van der Waals surface area (Å²) in [6.45, 7) is 4.89. The number of hydrogen-bond donors (Lipinski definition) is 0. The highest BCUT2D eigenvalue weighted by atomic mass is 16.5. The Kier molecular flexibility index (Phi) is 6.00. The normalized spacial score (nSPS) is 35.6. The summed E-state index contributed by atoms with van der Waals surface area (Å²) in [4.78, 5) is 14.5. The van der Waals surface area contributed by atoms with Gasteiger partial charge < -0.3 is 9.47 Å². The van der Waals surface area contributed by atoms with Gasteiger partial charge in [-0.2, -0.15) is 0 Å². The van der Waals surface area contributed by atoms with E-state index in [-0.39, 0.29) is 18.1 Å². The fourth-order valence-electron chi connectivity index (χ4n) is 3.78. The highest BCUT2D eigenvalue weighted by Gasteiger charge is 2.36. The summed E-state index contributed by atoms with van der Waals surface area (Å²) in [6, 6.07) is 0. The molecule has 2 aliphatic rings. The van der Waals surface area contributed by atoms with Crippen LogP contribution < -0.4 is 0 Å². The summed E-state index contributed by atoms with van der Waals surface area (Å²) in [6.07, 6.45) is 5.75. The smallest absolute Gasteiger partial charge is 0.137 e. The second-order valence-electron chi connectivity index (χ2n) is 6.36. The van der Waals surface area contributed by atoms with Crippen molar-refractivity contribution >= 4 is 5.78 Å². The first-order valence-electron chi connectivity index (χ1n) is 7.98. The Morgan fingerprint density at radius 1 is 1.20 bits per heavy atom. The van der Waals surface area contributed by atoms with Crippen LogP contribution in [0.25, 0.3) is 0 Å². The quantitative estimate of drug-likeness (QED) is 0.748. The van der Waals surface area contributed by atoms with Crippen LogP contribution in [0.1, 0.15) is 39.0 Å². The van der Waals surface area contributed by atoms with Crippen molar-refractivity contribution in [2.75, 3.05) is 33.9 Å². The molecule has 1 saturated heterocycles. The molecular formula is C16H29NO3. The first-order chi connectivity index (χ1) is 9.67. The van der Waals surface area contributed by atoms with E-state index in [1.807, 2.05) is 0 Å². The largest absolute Gasteiger partial charge is 0.377 e. The van der Waals surface area contributed by atoms with Crippen LogP contribution in [0.15, 0.2) is 0 Å². The standard InChI is InChI=1S/C16H29NO3/c1-4-5-12-6-7-14(18)13(8-12)9-17-10-15(19-2)16(11-17)20-3/h12-13,15-16H,4-11H2,1-3H3. The van der Waals surface area contributed by atoms with Gasteiger partial charge in [0.05, 0.1) is 12.2 Å². The van der Waals surface area contributed by atoms with Crippen LogP contribution in [-0.2, 0) is 14.3 Å². The highest BCUT2D eigenvalue weighted by molar-refractivity contribution is 5.82. The molecule has 0 aromatic rings. The molecule has 0 radical (unpaired) electrons. The number of ketones is 1. The maximum absolute atomic E-state index is 12.1. The summed E-state index contributed by atoms with van der Waals surface area (Å²) in [5, 5.41) is 0. The Morgan fingerprint density at radius 3 is 2.40 bits per heavy atom. The van der Waals surface area contributed by atoms with E-state index in [0.717, 1.165) is 44.8 Å². The molecule has 2 rings (SSSR count). The van der Waals surface area contributed by atoms with Gasteiger partial charge in [-0.1, -0.05) is 19.8 Å². The fraction of sp³-hybridized carbons (Fsp3) is 0.938. The number of methoxy groups -OCH3 is 2. The fourth-order valence-corrected chi connectivity index (χ4v) is 3.78.